The summed E-state index contributed by atoms with van der Waals surface area (Å²) in [6.07, 6.45) is 2.70. The van der Waals surface area contributed by atoms with Crippen molar-refractivity contribution in [1.82, 2.24) is 0 Å². The lowest BCUT2D eigenvalue weighted by Gasteiger charge is -2.24. The molecule has 2 heteroatoms. The fourth-order valence-electron chi connectivity index (χ4n) is 0.904. The van der Waals surface area contributed by atoms with Crippen molar-refractivity contribution >= 4 is 8.07 Å². The number of hydrogen-bond acceptors (Lipinski definition) is 1. The molecule has 0 fully saturated rings. The average molecular weight is 200 g/mol. The Bertz CT molecular complexity index is 172. The summed E-state index contributed by atoms with van der Waals surface area (Å²) < 4.78 is 0. The van der Waals surface area contributed by atoms with Crippen molar-refractivity contribution in [1.29, 1.82) is 0 Å². The first-order valence-corrected chi connectivity index (χ1v) is 8.56. The van der Waals surface area contributed by atoms with Gasteiger partial charge in [-0.1, -0.05) is 52.2 Å². The van der Waals surface area contributed by atoms with Crippen LogP contribution in [0.2, 0.25) is 19.6 Å². The van der Waals surface area contributed by atoms with Crippen LogP contribution in [0, 0.1) is 5.41 Å². The number of aliphatic hydroxyl groups excluding tert-OH is 1. The molecular formula is C11H24OSi. The maximum Gasteiger partial charge on any atom is 0.0682 e. The van der Waals surface area contributed by atoms with Gasteiger partial charge >= 0.3 is 0 Å². The van der Waals surface area contributed by atoms with Gasteiger partial charge in [-0.3, -0.25) is 0 Å². The van der Waals surface area contributed by atoms with E-state index < -0.39 is 8.07 Å². The SMILES string of the molecule is CC(C)(C)C(O)C/C=C/[Si](C)(C)C. The van der Waals surface area contributed by atoms with E-state index in [0.29, 0.717) is 0 Å². The molecule has 0 rings (SSSR count). The molecule has 0 aromatic carbocycles. The summed E-state index contributed by atoms with van der Waals surface area (Å²) in [7, 11) is -1.07. The molecular weight excluding hydrogens is 176 g/mol. The monoisotopic (exact) mass is 200 g/mol. The van der Waals surface area contributed by atoms with Gasteiger partial charge in [0.1, 0.15) is 0 Å². The second-order valence-corrected chi connectivity index (χ2v) is 11.0. The Morgan fingerprint density at radius 2 is 1.69 bits per heavy atom. The van der Waals surface area contributed by atoms with Gasteiger partial charge in [0.05, 0.1) is 14.2 Å². The minimum Gasteiger partial charge on any atom is -0.392 e. The van der Waals surface area contributed by atoms with E-state index in [2.05, 4.69) is 52.2 Å². The zero-order valence-corrected chi connectivity index (χ0v) is 10.9. The van der Waals surface area contributed by atoms with E-state index in [9.17, 15) is 5.11 Å². The molecule has 0 amide bonds. The normalized spacial score (nSPS) is 16.5. The fourth-order valence-corrected chi connectivity index (χ4v) is 1.75. The molecule has 0 saturated heterocycles. The van der Waals surface area contributed by atoms with Crippen molar-refractivity contribution in [2.75, 3.05) is 0 Å². The molecule has 0 aliphatic rings. The largest absolute Gasteiger partial charge is 0.392 e. The second-order valence-electron chi connectivity index (χ2n) is 5.89. The Labute approximate surface area is 83.9 Å². The van der Waals surface area contributed by atoms with Crippen LogP contribution in [-0.2, 0) is 0 Å². The number of hydrogen-bond donors (Lipinski definition) is 1. The highest BCUT2D eigenvalue weighted by Crippen LogP contribution is 2.21. The molecule has 0 bridgehead atoms. The van der Waals surface area contributed by atoms with Crippen LogP contribution in [0.25, 0.3) is 0 Å². The molecule has 0 aromatic rings. The van der Waals surface area contributed by atoms with E-state index in [4.69, 9.17) is 0 Å². The van der Waals surface area contributed by atoms with Crippen molar-refractivity contribution < 1.29 is 5.11 Å². The highest BCUT2D eigenvalue weighted by Gasteiger charge is 2.20. The van der Waals surface area contributed by atoms with Gasteiger partial charge in [0.2, 0.25) is 0 Å². The van der Waals surface area contributed by atoms with E-state index in [1.807, 2.05) is 0 Å². The molecule has 1 N–H and O–H groups in total. The van der Waals surface area contributed by atoms with Crippen LogP contribution in [0.3, 0.4) is 0 Å². The molecule has 0 aliphatic heterocycles. The minimum absolute atomic E-state index is 0.00375. The first-order valence-electron chi connectivity index (χ1n) is 4.99. The Balaban J connectivity index is 3.98. The first-order chi connectivity index (χ1) is 5.63. The van der Waals surface area contributed by atoms with E-state index in [-0.39, 0.29) is 11.5 Å². The molecule has 0 aromatic heterocycles. The van der Waals surface area contributed by atoms with Gasteiger partial charge in [-0.05, 0) is 11.8 Å². The topological polar surface area (TPSA) is 20.2 Å². The van der Waals surface area contributed by atoms with Gasteiger partial charge in [-0.15, -0.1) is 0 Å². The Morgan fingerprint density at radius 1 is 1.23 bits per heavy atom. The van der Waals surface area contributed by atoms with E-state index in [1.54, 1.807) is 0 Å². The standard InChI is InChI=1S/C11H24OSi/c1-11(2,3)10(12)8-7-9-13(4,5)6/h7,9-10,12H,8H2,1-6H3/b9-7+. The van der Waals surface area contributed by atoms with Crippen molar-refractivity contribution in [3.8, 4) is 0 Å². The summed E-state index contributed by atoms with van der Waals surface area (Å²) >= 11 is 0. The maximum absolute atomic E-state index is 9.75. The summed E-state index contributed by atoms with van der Waals surface area (Å²) in [4.78, 5) is 0. The minimum atomic E-state index is -1.07. The van der Waals surface area contributed by atoms with E-state index >= 15 is 0 Å². The smallest absolute Gasteiger partial charge is 0.0682 e. The molecule has 78 valence electrons. The van der Waals surface area contributed by atoms with Crippen molar-refractivity contribution in [2.24, 2.45) is 5.41 Å². The van der Waals surface area contributed by atoms with Crippen LogP contribution < -0.4 is 0 Å². The Hall–Kier alpha value is -0.0831. The van der Waals surface area contributed by atoms with Gasteiger partial charge in [-0.2, -0.15) is 0 Å². The van der Waals surface area contributed by atoms with Crippen molar-refractivity contribution in [3.05, 3.63) is 11.8 Å². The summed E-state index contributed by atoms with van der Waals surface area (Å²) in [5.41, 5.74) is 2.30. The molecule has 0 aliphatic carbocycles. The van der Waals surface area contributed by atoms with Crippen LogP contribution in [0.4, 0.5) is 0 Å². The summed E-state index contributed by atoms with van der Waals surface area (Å²) in [5.74, 6) is 0. The van der Waals surface area contributed by atoms with E-state index in [1.165, 1.54) is 0 Å². The van der Waals surface area contributed by atoms with Crippen molar-refractivity contribution in [3.63, 3.8) is 0 Å². The molecule has 1 unspecified atom stereocenters. The quantitative estimate of drug-likeness (QED) is 0.694. The molecule has 0 spiro atoms. The van der Waals surface area contributed by atoms with Crippen LogP contribution in [0.5, 0.6) is 0 Å². The number of rotatable bonds is 3. The Kier molecular flexibility index (Phi) is 4.40. The molecule has 0 heterocycles. The van der Waals surface area contributed by atoms with Crippen LogP contribution >= 0.6 is 0 Å². The predicted molar refractivity (Wildman–Crippen MR) is 62.6 cm³/mol. The lowest BCUT2D eigenvalue weighted by Crippen LogP contribution is -2.25. The summed E-state index contributed by atoms with van der Waals surface area (Å²) in [6, 6.07) is 0. The fraction of sp³-hybridized carbons (Fsp3) is 0.818. The van der Waals surface area contributed by atoms with Gasteiger partial charge in [-0.25, -0.2) is 0 Å². The van der Waals surface area contributed by atoms with Gasteiger partial charge < -0.3 is 5.11 Å². The zero-order valence-electron chi connectivity index (χ0n) is 9.89. The number of aliphatic hydroxyl groups is 1. The average Bonchev–Trinajstić information content (AvgIpc) is 1.82. The molecule has 1 nitrogen and oxygen atoms in total. The zero-order chi connectivity index (χ0) is 10.7. The van der Waals surface area contributed by atoms with Crippen molar-refractivity contribution in [2.45, 2.75) is 52.9 Å². The van der Waals surface area contributed by atoms with Crippen LogP contribution in [-0.4, -0.2) is 19.3 Å². The third kappa shape index (κ3) is 7.02. The van der Waals surface area contributed by atoms with Crippen LogP contribution in [0.15, 0.2) is 11.8 Å². The molecule has 1 atom stereocenters. The van der Waals surface area contributed by atoms with Crippen LogP contribution in [0.1, 0.15) is 27.2 Å². The lowest BCUT2D eigenvalue weighted by molar-refractivity contribution is 0.0659. The van der Waals surface area contributed by atoms with Gasteiger partial charge in [0, 0.05) is 0 Å². The highest BCUT2D eigenvalue weighted by atomic mass is 28.3. The van der Waals surface area contributed by atoms with Gasteiger partial charge in [0.25, 0.3) is 0 Å². The Morgan fingerprint density at radius 3 is 2.00 bits per heavy atom. The van der Waals surface area contributed by atoms with E-state index in [0.717, 1.165) is 6.42 Å². The maximum atomic E-state index is 9.75. The highest BCUT2D eigenvalue weighted by molar-refractivity contribution is 6.80. The molecule has 0 radical (unpaired) electrons. The lowest BCUT2D eigenvalue weighted by atomic mass is 9.87. The summed E-state index contributed by atoms with van der Waals surface area (Å²) in [6.45, 7) is 13.1. The molecule has 13 heavy (non-hydrogen) atoms. The predicted octanol–water partition coefficient (Wildman–Crippen LogP) is 3.22. The first kappa shape index (κ1) is 12.9. The molecule has 0 saturated carbocycles. The third-order valence-electron chi connectivity index (χ3n) is 1.98. The summed E-state index contributed by atoms with van der Waals surface area (Å²) in [5, 5.41) is 9.75. The third-order valence-corrected chi connectivity index (χ3v) is 3.21. The van der Waals surface area contributed by atoms with Gasteiger partial charge in [0.15, 0.2) is 0 Å². The second kappa shape index (κ2) is 4.42.